The van der Waals surface area contributed by atoms with Crippen LogP contribution in [0.3, 0.4) is 0 Å². The molecule has 2 rings (SSSR count). The van der Waals surface area contributed by atoms with E-state index in [4.69, 9.17) is 4.74 Å². The summed E-state index contributed by atoms with van der Waals surface area (Å²) in [6, 6.07) is 0. The van der Waals surface area contributed by atoms with Gasteiger partial charge in [0.15, 0.2) is 0 Å². The lowest BCUT2D eigenvalue weighted by Crippen LogP contribution is -2.12. The lowest BCUT2D eigenvalue weighted by molar-refractivity contribution is -0.122. The molecule has 1 fully saturated rings. The van der Waals surface area contributed by atoms with Crippen LogP contribution >= 0.6 is 0 Å². The van der Waals surface area contributed by atoms with E-state index >= 15 is 0 Å². The lowest BCUT2D eigenvalue weighted by atomic mass is 9.97. The first-order chi connectivity index (χ1) is 9.13. The zero-order chi connectivity index (χ0) is 13.8. The number of aromatic nitrogens is 1. The lowest BCUT2D eigenvalue weighted by Gasteiger charge is -2.13. The number of rotatable bonds is 5. The topological polar surface area (TPSA) is 39.2 Å². The summed E-state index contributed by atoms with van der Waals surface area (Å²) in [5.74, 6) is 1.63. The number of pyridine rings is 1. The normalized spacial score (nSPS) is 15.7. The fourth-order valence-corrected chi connectivity index (χ4v) is 3.02. The largest absolute Gasteiger partial charge is 0.496 e. The van der Waals surface area contributed by atoms with Crippen molar-refractivity contribution in [3.8, 4) is 5.75 Å². The predicted octanol–water partition coefficient (Wildman–Crippen LogP) is 3.40. The summed E-state index contributed by atoms with van der Waals surface area (Å²) in [6.45, 7) is 4.01. The van der Waals surface area contributed by atoms with Crippen LogP contribution in [-0.2, 0) is 11.2 Å². The van der Waals surface area contributed by atoms with Gasteiger partial charge in [0, 0.05) is 35.4 Å². The van der Waals surface area contributed by atoms with Crippen molar-refractivity contribution in [1.29, 1.82) is 0 Å². The number of nitrogens with zero attached hydrogens (tertiary/aromatic N) is 1. The molecular weight excluding hydrogens is 238 g/mol. The molecule has 1 aromatic heterocycles. The molecule has 0 radical (unpaired) electrons. The highest BCUT2D eigenvalue weighted by atomic mass is 16.5. The molecule has 0 amide bonds. The van der Waals surface area contributed by atoms with Crippen LogP contribution in [0.4, 0.5) is 0 Å². The van der Waals surface area contributed by atoms with Gasteiger partial charge in [0.2, 0.25) is 0 Å². The molecule has 104 valence electrons. The van der Waals surface area contributed by atoms with E-state index in [1.165, 1.54) is 12.8 Å². The van der Waals surface area contributed by atoms with Crippen molar-refractivity contribution in [2.45, 2.75) is 52.4 Å². The molecule has 1 aliphatic carbocycles. The van der Waals surface area contributed by atoms with Crippen LogP contribution in [0.2, 0.25) is 0 Å². The first-order valence-electron chi connectivity index (χ1n) is 7.15. The number of Topliss-reactive ketones (excluding diaryl/α,β-unsaturated/α-hetero) is 1. The second-order valence-corrected chi connectivity index (χ2v) is 5.49. The molecule has 1 aromatic rings. The number of methoxy groups -OCH3 is 1. The third-order valence-corrected chi connectivity index (χ3v) is 4.17. The number of carbonyl (C=O) groups excluding carboxylic acids is 1. The molecule has 1 aliphatic rings. The summed E-state index contributed by atoms with van der Waals surface area (Å²) in [4.78, 5) is 16.5. The molecule has 0 aliphatic heterocycles. The van der Waals surface area contributed by atoms with E-state index in [0.717, 1.165) is 41.8 Å². The van der Waals surface area contributed by atoms with Gasteiger partial charge in [-0.2, -0.15) is 0 Å². The summed E-state index contributed by atoms with van der Waals surface area (Å²) >= 11 is 0. The van der Waals surface area contributed by atoms with Gasteiger partial charge in [0.25, 0.3) is 0 Å². The summed E-state index contributed by atoms with van der Waals surface area (Å²) in [7, 11) is 1.68. The van der Waals surface area contributed by atoms with Gasteiger partial charge in [0.05, 0.1) is 7.11 Å². The van der Waals surface area contributed by atoms with Crippen LogP contribution < -0.4 is 4.74 Å². The van der Waals surface area contributed by atoms with Crippen LogP contribution in [0.1, 0.15) is 48.9 Å². The van der Waals surface area contributed by atoms with Crippen LogP contribution in [0.25, 0.3) is 0 Å². The first kappa shape index (κ1) is 14.0. The highest BCUT2D eigenvalue weighted by Gasteiger charge is 2.22. The van der Waals surface area contributed by atoms with Gasteiger partial charge in [-0.3, -0.25) is 9.78 Å². The molecule has 1 heterocycles. The second-order valence-electron chi connectivity index (χ2n) is 5.49. The Hall–Kier alpha value is -1.38. The number of ether oxygens (including phenoxy) is 1. The summed E-state index contributed by atoms with van der Waals surface area (Å²) in [5, 5.41) is 0. The highest BCUT2D eigenvalue weighted by molar-refractivity contribution is 5.81. The average molecular weight is 261 g/mol. The number of aryl methyl sites for hydroxylation is 2. The van der Waals surface area contributed by atoms with E-state index in [9.17, 15) is 4.79 Å². The maximum absolute atomic E-state index is 12.1. The van der Waals surface area contributed by atoms with E-state index in [0.29, 0.717) is 18.1 Å². The maximum Gasteiger partial charge on any atom is 0.136 e. The predicted molar refractivity (Wildman–Crippen MR) is 75.5 cm³/mol. The Morgan fingerprint density at radius 1 is 1.37 bits per heavy atom. The van der Waals surface area contributed by atoms with E-state index in [-0.39, 0.29) is 0 Å². The van der Waals surface area contributed by atoms with E-state index in [1.807, 2.05) is 20.0 Å². The summed E-state index contributed by atoms with van der Waals surface area (Å²) in [6.07, 6.45) is 7.78. The minimum absolute atomic E-state index is 0.313. The molecule has 1 saturated carbocycles. The molecule has 0 N–H and O–H groups in total. The first-order valence-corrected chi connectivity index (χ1v) is 7.15. The van der Waals surface area contributed by atoms with Crippen molar-refractivity contribution in [1.82, 2.24) is 4.98 Å². The summed E-state index contributed by atoms with van der Waals surface area (Å²) < 4.78 is 5.40. The third kappa shape index (κ3) is 3.14. The molecular formula is C16H23NO2. The molecule has 0 atom stereocenters. The van der Waals surface area contributed by atoms with Gasteiger partial charge in [-0.1, -0.05) is 12.8 Å². The molecule has 0 spiro atoms. The van der Waals surface area contributed by atoms with Crippen molar-refractivity contribution in [2.24, 2.45) is 5.92 Å². The van der Waals surface area contributed by atoms with Crippen molar-refractivity contribution in [3.63, 3.8) is 0 Å². The monoisotopic (exact) mass is 261 g/mol. The standard InChI is InChI=1S/C16H23NO2/c1-11-10-17-14(12(2)16(11)19-3)8-9-15(18)13-6-4-5-7-13/h10,13H,4-9H2,1-3H3. The van der Waals surface area contributed by atoms with Crippen molar-refractivity contribution < 1.29 is 9.53 Å². The molecule has 0 unspecified atom stereocenters. The van der Waals surface area contributed by atoms with Crippen molar-refractivity contribution in [2.75, 3.05) is 7.11 Å². The number of carbonyl (C=O) groups is 1. The Kier molecular flexibility index (Phi) is 4.56. The van der Waals surface area contributed by atoms with Crippen LogP contribution in [0, 0.1) is 19.8 Å². The smallest absolute Gasteiger partial charge is 0.136 e. The zero-order valence-electron chi connectivity index (χ0n) is 12.2. The van der Waals surface area contributed by atoms with Gasteiger partial charge in [-0.25, -0.2) is 0 Å². The summed E-state index contributed by atoms with van der Waals surface area (Å²) in [5.41, 5.74) is 3.11. The Labute approximate surface area is 115 Å². The van der Waals surface area contributed by atoms with Crippen LogP contribution in [0.15, 0.2) is 6.20 Å². The van der Waals surface area contributed by atoms with Gasteiger partial charge in [-0.05, 0) is 33.1 Å². The molecule has 0 bridgehead atoms. The quantitative estimate of drug-likeness (QED) is 0.815. The fourth-order valence-electron chi connectivity index (χ4n) is 3.02. The SMILES string of the molecule is COc1c(C)cnc(CCC(=O)C2CCCC2)c1C. The molecule has 3 nitrogen and oxygen atoms in total. The average Bonchev–Trinajstić information content (AvgIpc) is 2.92. The van der Waals surface area contributed by atoms with E-state index in [1.54, 1.807) is 7.11 Å². The third-order valence-electron chi connectivity index (χ3n) is 4.17. The van der Waals surface area contributed by atoms with Crippen LogP contribution in [0.5, 0.6) is 5.75 Å². The minimum Gasteiger partial charge on any atom is -0.496 e. The molecule has 3 heteroatoms. The van der Waals surface area contributed by atoms with Crippen molar-refractivity contribution in [3.05, 3.63) is 23.0 Å². The van der Waals surface area contributed by atoms with Gasteiger partial charge >= 0.3 is 0 Å². The Morgan fingerprint density at radius 2 is 2.05 bits per heavy atom. The number of hydrogen-bond donors (Lipinski definition) is 0. The minimum atomic E-state index is 0.313. The van der Waals surface area contributed by atoms with Gasteiger partial charge in [0.1, 0.15) is 11.5 Å². The maximum atomic E-state index is 12.1. The second kappa shape index (κ2) is 6.18. The fraction of sp³-hybridized carbons (Fsp3) is 0.625. The molecule has 0 aromatic carbocycles. The van der Waals surface area contributed by atoms with Crippen molar-refractivity contribution >= 4 is 5.78 Å². The van der Waals surface area contributed by atoms with Crippen LogP contribution in [-0.4, -0.2) is 17.9 Å². The Balaban J connectivity index is 2.01. The Morgan fingerprint density at radius 3 is 2.68 bits per heavy atom. The highest BCUT2D eigenvalue weighted by Crippen LogP contribution is 2.28. The Bertz CT molecular complexity index is 462. The molecule has 0 saturated heterocycles. The van der Waals surface area contributed by atoms with E-state index in [2.05, 4.69) is 4.98 Å². The van der Waals surface area contributed by atoms with Gasteiger partial charge < -0.3 is 4.74 Å². The number of hydrogen-bond acceptors (Lipinski definition) is 3. The zero-order valence-corrected chi connectivity index (χ0v) is 12.2. The van der Waals surface area contributed by atoms with Gasteiger partial charge in [-0.15, -0.1) is 0 Å². The molecule has 19 heavy (non-hydrogen) atoms. The van der Waals surface area contributed by atoms with E-state index < -0.39 is 0 Å². The number of ketones is 1.